The highest BCUT2D eigenvalue weighted by atomic mass is 35.5. The summed E-state index contributed by atoms with van der Waals surface area (Å²) in [5.41, 5.74) is 1.29. The van der Waals surface area contributed by atoms with Gasteiger partial charge in [-0.05, 0) is 39.7 Å². The van der Waals surface area contributed by atoms with Crippen molar-refractivity contribution in [3.63, 3.8) is 0 Å². The Morgan fingerprint density at radius 3 is 2.39 bits per heavy atom. The fraction of sp³-hybridized carbons (Fsp3) is 0.571. The highest BCUT2D eigenvalue weighted by molar-refractivity contribution is 7.86. The van der Waals surface area contributed by atoms with E-state index in [2.05, 4.69) is 0 Å². The Balaban J connectivity index is 3.17. The van der Waals surface area contributed by atoms with Crippen molar-refractivity contribution in [2.45, 2.75) is 49.1 Å². The third-order valence-corrected chi connectivity index (χ3v) is 7.44. The maximum atomic E-state index is 11.9. The van der Waals surface area contributed by atoms with Crippen molar-refractivity contribution in [2.75, 3.05) is 0 Å². The summed E-state index contributed by atoms with van der Waals surface area (Å²) >= 11 is 25.7. The van der Waals surface area contributed by atoms with Crippen LogP contribution in [0, 0.1) is 0 Å². The van der Waals surface area contributed by atoms with Crippen LogP contribution in [0.3, 0.4) is 0 Å². The van der Waals surface area contributed by atoms with Gasteiger partial charge in [-0.25, -0.2) is 0 Å². The van der Waals surface area contributed by atoms with Crippen LogP contribution in [0.5, 0.6) is 0 Å². The minimum Gasteiger partial charge on any atom is -0.285 e. The Hall–Kier alpha value is 0.510. The summed E-state index contributed by atoms with van der Waals surface area (Å²) in [6, 6.07) is 1.39. The van der Waals surface area contributed by atoms with E-state index in [1.165, 1.54) is 6.07 Å². The summed E-state index contributed by atoms with van der Waals surface area (Å²) in [5, 5.41) is -2.54. The van der Waals surface area contributed by atoms with Crippen LogP contribution in [0.15, 0.2) is 17.7 Å². The molecule has 0 aromatic carbocycles. The first-order chi connectivity index (χ1) is 10.4. The molecule has 9 heteroatoms. The fourth-order valence-corrected chi connectivity index (χ4v) is 5.86. The molecule has 1 heterocycles. The van der Waals surface area contributed by atoms with Gasteiger partial charge < -0.3 is 0 Å². The quantitative estimate of drug-likeness (QED) is 0.306. The highest BCUT2D eigenvalue weighted by Crippen LogP contribution is 2.46. The SMILES string of the molecule is CC(C)=CCCC(C)(Cl)C(Cl)C(c1cc(Cl)sc1Cl)S(=O)(=O)O. The molecule has 1 aromatic rings. The average Bonchev–Trinajstić information content (AvgIpc) is 2.65. The van der Waals surface area contributed by atoms with Gasteiger partial charge in [-0.2, -0.15) is 8.42 Å². The van der Waals surface area contributed by atoms with Gasteiger partial charge in [-0.15, -0.1) is 34.5 Å². The van der Waals surface area contributed by atoms with E-state index in [1.54, 1.807) is 6.92 Å². The van der Waals surface area contributed by atoms with Crippen LogP contribution >= 0.6 is 57.7 Å². The number of hydrogen-bond acceptors (Lipinski definition) is 3. The zero-order valence-corrected chi connectivity index (χ0v) is 17.5. The van der Waals surface area contributed by atoms with Gasteiger partial charge in [0.25, 0.3) is 10.1 Å². The van der Waals surface area contributed by atoms with Gasteiger partial charge in [0.1, 0.15) is 5.25 Å². The summed E-state index contributed by atoms with van der Waals surface area (Å²) in [6.07, 6.45) is 3.07. The number of allylic oxidation sites excluding steroid dienone is 2. The minimum absolute atomic E-state index is 0.165. The molecule has 0 radical (unpaired) electrons. The van der Waals surface area contributed by atoms with Crippen molar-refractivity contribution in [3.8, 4) is 0 Å². The van der Waals surface area contributed by atoms with Crippen LogP contribution in [0.1, 0.15) is 44.4 Å². The highest BCUT2D eigenvalue weighted by Gasteiger charge is 2.44. The van der Waals surface area contributed by atoms with E-state index in [0.717, 1.165) is 16.9 Å². The van der Waals surface area contributed by atoms with Gasteiger partial charge in [0.05, 0.1) is 18.9 Å². The van der Waals surface area contributed by atoms with Crippen LogP contribution in [-0.4, -0.2) is 23.2 Å². The summed E-state index contributed by atoms with van der Waals surface area (Å²) in [5.74, 6) is 0. The van der Waals surface area contributed by atoms with E-state index in [4.69, 9.17) is 46.4 Å². The molecule has 0 amide bonds. The molecular formula is C14H18Cl4O3S2. The van der Waals surface area contributed by atoms with E-state index < -0.39 is 25.6 Å². The number of rotatable bonds is 7. The molecule has 0 saturated heterocycles. The fourth-order valence-electron chi connectivity index (χ4n) is 2.11. The summed E-state index contributed by atoms with van der Waals surface area (Å²) in [4.78, 5) is -1.06. The van der Waals surface area contributed by atoms with Crippen molar-refractivity contribution < 1.29 is 13.0 Å². The van der Waals surface area contributed by atoms with Crippen LogP contribution in [0.4, 0.5) is 0 Å². The second-order valence-corrected chi connectivity index (χ2v) is 10.9. The molecule has 1 N–H and O–H groups in total. The summed E-state index contributed by atoms with van der Waals surface area (Å²) < 4.78 is 33.8. The molecule has 0 saturated carbocycles. The Morgan fingerprint density at radius 1 is 1.43 bits per heavy atom. The van der Waals surface area contributed by atoms with Gasteiger partial charge in [0, 0.05) is 5.56 Å². The predicted octanol–water partition coefficient (Wildman–Crippen LogP) is 6.34. The zero-order valence-electron chi connectivity index (χ0n) is 12.8. The Kier molecular flexibility index (Phi) is 7.74. The molecule has 1 rings (SSSR count). The van der Waals surface area contributed by atoms with Crippen molar-refractivity contribution in [1.29, 1.82) is 0 Å². The molecule has 1 aromatic heterocycles. The third-order valence-electron chi connectivity index (χ3n) is 3.34. The molecule has 0 spiro atoms. The number of hydrogen-bond donors (Lipinski definition) is 1. The van der Waals surface area contributed by atoms with Gasteiger partial charge in [0.15, 0.2) is 0 Å². The topological polar surface area (TPSA) is 54.4 Å². The second-order valence-electron chi connectivity index (χ2n) is 5.72. The maximum Gasteiger partial charge on any atom is 0.273 e. The Morgan fingerprint density at radius 2 is 2.00 bits per heavy atom. The maximum absolute atomic E-state index is 11.9. The monoisotopic (exact) mass is 438 g/mol. The van der Waals surface area contributed by atoms with E-state index in [-0.39, 0.29) is 9.90 Å². The number of halogens is 4. The molecule has 0 bridgehead atoms. The van der Waals surface area contributed by atoms with E-state index in [1.807, 2.05) is 19.9 Å². The third kappa shape index (κ3) is 6.07. The molecule has 3 atom stereocenters. The lowest BCUT2D eigenvalue weighted by Gasteiger charge is -2.32. The van der Waals surface area contributed by atoms with Crippen LogP contribution in [0.2, 0.25) is 8.67 Å². The molecular weight excluding hydrogens is 422 g/mol. The molecule has 23 heavy (non-hydrogen) atoms. The molecule has 0 aliphatic carbocycles. The van der Waals surface area contributed by atoms with Crippen LogP contribution in [0.25, 0.3) is 0 Å². The molecule has 3 unspecified atom stereocenters. The van der Waals surface area contributed by atoms with Gasteiger partial charge in [0.2, 0.25) is 0 Å². The van der Waals surface area contributed by atoms with Gasteiger partial charge >= 0.3 is 0 Å². The van der Waals surface area contributed by atoms with Crippen LogP contribution < -0.4 is 0 Å². The van der Waals surface area contributed by atoms with E-state index in [0.29, 0.717) is 17.2 Å². The first-order valence-electron chi connectivity index (χ1n) is 6.73. The van der Waals surface area contributed by atoms with Crippen molar-refractivity contribution in [2.24, 2.45) is 0 Å². The summed E-state index contributed by atoms with van der Waals surface area (Å²) in [7, 11) is -4.52. The van der Waals surface area contributed by atoms with Crippen molar-refractivity contribution in [1.82, 2.24) is 0 Å². The lowest BCUT2D eigenvalue weighted by Crippen LogP contribution is -2.37. The minimum atomic E-state index is -4.52. The second kappa shape index (κ2) is 8.26. The Labute approximate surface area is 161 Å². The molecule has 132 valence electrons. The van der Waals surface area contributed by atoms with E-state index in [9.17, 15) is 13.0 Å². The molecule has 0 aliphatic heterocycles. The Bertz CT molecular complexity index is 676. The standard InChI is InChI=1S/C14H18Cl4O3S2/c1-8(2)5-4-6-14(3,18)12(16)11(23(19,20)21)9-7-10(15)22-13(9)17/h5,7,11-12H,4,6H2,1-3H3,(H,19,20,21). The average molecular weight is 440 g/mol. The lowest BCUT2D eigenvalue weighted by molar-refractivity contribution is 0.446. The normalized spacial score (nSPS) is 17.4. The predicted molar refractivity (Wildman–Crippen MR) is 101 cm³/mol. The zero-order chi connectivity index (χ0) is 18.0. The van der Waals surface area contributed by atoms with Gasteiger partial charge in [-0.3, -0.25) is 4.55 Å². The first-order valence-corrected chi connectivity index (χ1v) is 10.6. The van der Waals surface area contributed by atoms with Gasteiger partial charge in [-0.1, -0.05) is 34.9 Å². The van der Waals surface area contributed by atoms with E-state index >= 15 is 0 Å². The van der Waals surface area contributed by atoms with Crippen molar-refractivity contribution in [3.05, 3.63) is 32.0 Å². The molecule has 3 nitrogen and oxygen atoms in total. The van der Waals surface area contributed by atoms with Crippen molar-refractivity contribution >= 4 is 67.9 Å². The van der Waals surface area contributed by atoms with Crippen LogP contribution in [-0.2, 0) is 10.1 Å². The number of alkyl halides is 2. The largest absolute Gasteiger partial charge is 0.285 e. The first kappa shape index (κ1) is 21.6. The molecule has 0 fully saturated rings. The molecule has 0 aliphatic rings. The number of thiophene rings is 1. The summed E-state index contributed by atoms with van der Waals surface area (Å²) in [6.45, 7) is 5.56. The smallest absolute Gasteiger partial charge is 0.273 e. The lowest BCUT2D eigenvalue weighted by atomic mass is 9.95.